The first kappa shape index (κ1) is 33.3. The van der Waals surface area contributed by atoms with Crippen LogP contribution >= 0.6 is 0 Å². The third-order valence-electron chi connectivity index (χ3n) is 11.9. The van der Waals surface area contributed by atoms with Crippen LogP contribution in [0.25, 0.3) is 93.2 Å². The molecular weight excluding hydrogens is 717 g/mol. The topological polar surface area (TPSA) is 21.3 Å². The van der Waals surface area contributed by atoms with Gasteiger partial charge in [-0.2, -0.15) is 0 Å². The van der Waals surface area contributed by atoms with Crippen LogP contribution in [0.4, 0.5) is 17.1 Å². The number of nitrogens with zero attached hydrogens (tertiary/aromatic N) is 2. The van der Waals surface area contributed by atoms with Crippen LogP contribution in [0.3, 0.4) is 0 Å². The lowest BCUT2D eigenvalue weighted by molar-refractivity contribution is 0.672. The van der Waals surface area contributed by atoms with Crippen LogP contribution in [0, 0.1) is 0 Å². The van der Waals surface area contributed by atoms with Gasteiger partial charge in [-0.05, 0) is 106 Å². The first-order chi connectivity index (χ1) is 29.2. The van der Waals surface area contributed by atoms with E-state index in [-0.39, 0.29) is 0 Å². The van der Waals surface area contributed by atoms with Crippen molar-refractivity contribution in [2.24, 2.45) is 0 Å². The number of anilines is 3. The van der Waals surface area contributed by atoms with Gasteiger partial charge in [-0.3, -0.25) is 0 Å². The molecule has 0 aliphatic rings. The number of fused-ring (bicyclic) bond motifs is 9. The summed E-state index contributed by atoms with van der Waals surface area (Å²) in [5.74, 6) is 0. The quantitative estimate of drug-likeness (QED) is 0.169. The van der Waals surface area contributed by atoms with E-state index in [1.165, 1.54) is 43.5 Å². The minimum Gasteiger partial charge on any atom is -0.455 e. The summed E-state index contributed by atoms with van der Waals surface area (Å²) in [5, 5.41) is 9.50. The second kappa shape index (κ2) is 13.4. The highest BCUT2D eigenvalue weighted by molar-refractivity contribution is 6.15. The Bertz CT molecular complexity index is 3510. The van der Waals surface area contributed by atoms with E-state index in [9.17, 15) is 0 Å². The van der Waals surface area contributed by atoms with E-state index in [0.29, 0.717) is 0 Å². The number of benzene rings is 10. The smallest absolute Gasteiger partial charge is 0.143 e. The van der Waals surface area contributed by atoms with Crippen molar-refractivity contribution in [3.63, 3.8) is 0 Å². The van der Waals surface area contributed by atoms with E-state index in [1.807, 2.05) is 0 Å². The maximum absolute atomic E-state index is 6.47. The molecule has 2 heterocycles. The lowest BCUT2D eigenvalue weighted by Crippen LogP contribution is -2.10. The third-order valence-corrected chi connectivity index (χ3v) is 11.9. The van der Waals surface area contributed by atoms with Crippen molar-refractivity contribution in [1.29, 1.82) is 0 Å². The van der Waals surface area contributed by atoms with Gasteiger partial charge in [0.1, 0.15) is 11.2 Å². The highest BCUT2D eigenvalue weighted by atomic mass is 16.3. The zero-order valence-electron chi connectivity index (χ0n) is 32.1. The summed E-state index contributed by atoms with van der Waals surface area (Å²) in [7, 11) is 0. The summed E-state index contributed by atoms with van der Waals surface area (Å²) < 4.78 is 8.85. The summed E-state index contributed by atoms with van der Waals surface area (Å²) in [4.78, 5) is 2.39. The average Bonchev–Trinajstić information content (AvgIpc) is 3.85. The van der Waals surface area contributed by atoms with Gasteiger partial charge in [0.15, 0.2) is 0 Å². The van der Waals surface area contributed by atoms with Crippen LogP contribution in [0.1, 0.15) is 0 Å². The Morgan fingerprint density at radius 1 is 0.339 bits per heavy atom. The number of hydrogen-bond acceptors (Lipinski definition) is 2. The van der Waals surface area contributed by atoms with E-state index in [0.717, 1.165) is 66.8 Å². The molecule has 0 saturated carbocycles. The number of furan rings is 1. The molecule has 2 aromatic heterocycles. The van der Waals surface area contributed by atoms with Crippen molar-refractivity contribution in [2.75, 3.05) is 4.90 Å². The predicted octanol–water partition coefficient (Wildman–Crippen LogP) is 15.8. The number of hydrogen-bond donors (Lipinski definition) is 0. The molecule has 0 bridgehead atoms. The van der Waals surface area contributed by atoms with Crippen molar-refractivity contribution in [3.8, 4) is 27.9 Å². The first-order valence-electron chi connectivity index (χ1n) is 20.2. The van der Waals surface area contributed by atoms with Gasteiger partial charge in [-0.25, -0.2) is 0 Å². The minimum absolute atomic E-state index is 0.898. The fourth-order valence-electron chi connectivity index (χ4n) is 9.17. The van der Waals surface area contributed by atoms with Crippen LogP contribution in [-0.4, -0.2) is 4.57 Å². The van der Waals surface area contributed by atoms with Gasteiger partial charge in [0, 0.05) is 49.4 Å². The second-order valence-corrected chi connectivity index (χ2v) is 15.3. The molecular formula is C56H36N2O. The molecule has 0 radical (unpaired) electrons. The number of rotatable bonds is 6. The van der Waals surface area contributed by atoms with Crippen molar-refractivity contribution < 1.29 is 4.42 Å². The lowest BCUT2D eigenvalue weighted by Gasteiger charge is -2.27. The van der Waals surface area contributed by atoms with Crippen LogP contribution in [-0.2, 0) is 0 Å². The van der Waals surface area contributed by atoms with Gasteiger partial charge in [-0.1, -0.05) is 146 Å². The van der Waals surface area contributed by atoms with E-state index in [4.69, 9.17) is 4.42 Å². The van der Waals surface area contributed by atoms with Crippen molar-refractivity contribution >= 4 is 82.4 Å². The van der Waals surface area contributed by atoms with Gasteiger partial charge in [0.05, 0.1) is 16.7 Å². The van der Waals surface area contributed by atoms with Crippen LogP contribution in [0.2, 0.25) is 0 Å². The van der Waals surface area contributed by atoms with Crippen LogP contribution in [0.15, 0.2) is 223 Å². The van der Waals surface area contributed by atoms with E-state index >= 15 is 0 Å². The first-order valence-corrected chi connectivity index (χ1v) is 20.2. The molecule has 0 aliphatic carbocycles. The Labute approximate surface area is 341 Å². The zero-order chi connectivity index (χ0) is 38.9. The molecule has 0 atom stereocenters. The molecule has 0 aliphatic heterocycles. The maximum Gasteiger partial charge on any atom is 0.143 e. The molecule has 0 saturated heterocycles. The molecule has 3 nitrogen and oxygen atoms in total. The summed E-state index contributed by atoms with van der Waals surface area (Å²) >= 11 is 0. The highest BCUT2D eigenvalue weighted by Gasteiger charge is 2.18. The number of aromatic nitrogens is 1. The fourth-order valence-corrected chi connectivity index (χ4v) is 9.17. The molecule has 0 fully saturated rings. The minimum atomic E-state index is 0.898. The molecule has 10 aromatic carbocycles. The van der Waals surface area contributed by atoms with Gasteiger partial charge >= 0.3 is 0 Å². The molecule has 59 heavy (non-hydrogen) atoms. The van der Waals surface area contributed by atoms with Crippen LogP contribution < -0.4 is 4.90 Å². The summed E-state index contributed by atoms with van der Waals surface area (Å²) in [5.41, 5.74) is 13.3. The fraction of sp³-hybridized carbons (Fsp3) is 0. The average molecular weight is 753 g/mol. The Morgan fingerprint density at radius 2 is 0.932 bits per heavy atom. The molecule has 3 heteroatoms. The van der Waals surface area contributed by atoms with Gasteiger partial charge in [0.25, 0.3) is 0 Å². The standard InChI is InChI=1S/C56H36N2O/c1-3-19-46-38(12-1)14-11-25-52(46)57(44-17-10-16-41(35-44)42-29-33-55-51(36-42)50-32-28-39-13-2-4-20-47(39)56(50)59-55)43-30-26-37(27-31-43)40-15-9-18-45(34-40)58-53-23-7-5-21-48(53)49-22-6-8-24-54(49)58/h1-36H. The van der Waals surface area contributed by atoms with E-state index < -0.39 is 0 Å². The van der Waals surface area contributed by atoms with Crippen molar-refractivity contribution in [3.05, 3.63) is 218 Å². The van der Waals surface area contributed by atoms with Gasteiger partial charge < -0.3 is 13.9 Å². The molecule has 0 amide bonds. The van der Waals surface area contributed by atoms with Gasteiger partial charge in [0.2, 0.25) is 0 Å². The summed E-state index contributed by atoms with van der Waals surface area (Å²) in [6.45, 7) is 0. The monoisotopic (exact) mass is 752 g/mol. The normalized spacial score (nSPS) is 11.7. The Morgan fingerprint density at radius 3 is 1.71 bits per heavy atom. The van der Waals surface area contributed by atoms with E-state index in [2.05, 4.69) is 228 Å². The molecule has 0 N–H and O–H groups in total. The second-order valence-electron chi connectivity index (χ2n) is 15.3. The SMILES string of the molecule is c1cc(-c2ccc3oc4c5ccccc5ccc4c3c2)cc(N(c2ccc(-c3cccc(-n4c5ccccc5c5ccccc54)c3)cc2)c2cccc3ccccc23)c1. The molecule has 12 rings (SSSR count). The predicted molar refractivity (Wildman–Crippen MR) is 249 cm³/mol. The Kier molecular flexibility index (Phi) is 7.54. The van der Waals surface area contributed by atoms with Gasteiger partial charge in [-0.15, -0.1) is 0 Å². The Hall–Kier alpha value is -7.88. The van der Waals surface area contributed by atoms with E-state index in [1.54, 1.807) is 0 Å². The summed E-state index contributed by atoms with van der Waals surface area (Å²) in [6.07, 6.45) is 0. The summed E-state index contributed by atoms with van der Waals surface area (Å²) in [6, 6.07) is 78.8. The Balaban J connectivity index is 0.960. The lowest BCUT2D eigenvalue weighted by atomic mass is 10.00. The molecule has 0 unspecified atom stereocenters. The maximum atomic E-state index is 6.47. The highest BCUT2D eigenvalue weighted by Crippen LogP contribution is 2.42. The molecule has 12 aromatic rings. The number of para-hydroxylation sites is 2. The molecule has 0 spiro atoms. The van der Waals surface area contributed by atoms with Crippen molar-refractivity contribution in [1.82, 2.24) is 4.57 Å². The van der Waals surface area contributed by atoms with Crippen LogP contribution in [0.5, 0.6) is 0 Å². The largest absolute Gasteiger partial charge is 0.455 e. The van der Waals surface area contributed by atoms with Crippen molar-refractivity contribution in [2.45, 2.75) is 0 Å². The third kappa shape index (κ3) is 5.44. The molecule has 276 valence electrons. The zero-order valence-corrected chi connectivity index (χ0v) is 32.1.